The minimum atomic E-state index is -1.04. The number of pyridine rings is 2. The van der Waals surface area contributed by atoms with Crippen LogP contribution in [0.3, 0.4) is 0 Å². The second-order valence-electron chi connectivity index (χ2n) is 7.86. The highest BCUT2D eigenvalue weighted by Gasteiger charge is 2.19. The highest BCUT2D eigenvalue weighted by Crippen LogP contribution is 2.24. The molecule has 4 heterocycles. The Bertz CT molecular complexity index is 1410. The van der Waals surface area contributed by atoms with E-state index in [1.807, 2.05) is 0 Å². The van der Waals surface area contributed by atoms with E-state index in [9.17, 15) is 9.59 Å². The van der Waals surface area contributed by atoms with E-state index in [-0.39, 0.29) is 22.7 Å². The number of aliphatic hydroxyl groups excluding tert-OH is 1. The van der Waals surface area contributed by atoms with Gasteiger partial charge in [-0.05, 0) is 57.8 Å². The maximum Gasteiger partial charge on any atom is 0.357 e. The highest BCUT2D eigenvalue weighted by molar-refractivity contribution is 9.10. The number of hydrogen-bond donors (Lipinski definition) is 2. The minimum Gasteiger partial charge on any atom is -0.476 e. The summed E-state index contributed by atoms with van der Waals surface area (Å²) >= 11 is 17.8. The maximum absolute atomic E-state index is 11.9. The lowest BCUT2D eigenvalue weighted by Gasteiger charge is -2.14. The predicted molar refractivity (Wildman–Crippen MR) is 152 cm³/mol. The fourth-order valence-corrected chi connectivity index (χ4v) is 4.46. The second-order valence-corrected chi connectivity index (χ2v) is 10.1. The molecule has 0 saturated heterocycles. The molecule has 0 unspecified atom stereocenters. The Labute approximate surface area is 255 Å². The Morgan fingerprint density at radius 3 is 1.85 bits per heavy atom. The van der Waals surface area contributed by atoms with Crippen LogP contribution in [0.4, 0.5) is 0 Å². The fourth-order valence-electron chi connectivity index (χ4n) is 2.95. The van der Waals surface area contributed by atoms with E-state index < -0.39 is 18.2 Å². The van der Waals surface area contributed by atoms with E-state index in [4.69, 9.17) is 38.2 Å². The number of hydrogen-bond acceptors (Lipinski definition) is 10. The number of rotatable bonds is 6. The number of aliphatic hydroxyl groups is 1. The summed E-state index contributed by atoms with van der Waals surface area (Å²) in [6.45, 7) is 3.40. The molecule has 0 amide bonds. The van der Waals surface area contributed by atoms with Crippen molar-refractivity contribution in [1.29, 1.82) is 0 Å². The molecule has 0 radical (unpaired) electrons. The van der Waals surface area contributed by atoms with Crippen molar-refractivity contribution in [2.45, 2.75) is 32.5 Å². The van der Waals surface area contributed by atoms with Crippen LogP contribution in [0.15, 0.2) is 45.9 Å². The summed E-state index contributed by atoms with van der Waals surface area (Å²) in [5.74, 6) is -1.43. The first-order valence-corrected chi connectivity index (χ1v) is 13.6. The van der Waals surface area contributed by atoms with Crippen molar-refractivity contribution in [1.82, 2.24) is 40.0 Å². The van der Waals surface area contributed by atoms with E-state index >= 15 is 0 Å². The number of aryl methyl sites for hydroxylation is 2. The van der Waals surface area contributed by atoms with Crippen molar-refractivity contribution in [3.8, 4) is 0 Å². The molecule has 2 atom stereocenters. The molecule has 0 spiro atoms. The molecule has 4 aromatic rings. The van der Waals surface area contributed by atoms with Gasteiger partial charge in [0.15, 0.2) is 14.9 Å². The first kappa shape index (κ1) is 33.2. The molecule has 4 aromatic heterocycles. The highest BCUT2D eigenvalue weighted by atomic mass is 79.9. The molecule has 40 heavy (non-hydrogen) atoms. The largest absolute Gasteiger partial charge is 0.476 e. The SMILES string of the molecule is C[C@@H](O)c1cccnc1Cl.C[C@@H](OC(=O)Cc1c(Br)nnn1C)c1cccnc1Cl.Cn1nnc(Br)c1C(=O)O. The Morgan fingerprint density at radius 1 is 0.950 bits per heavy atom. The summed E-state index contributed by atoms with van der Waals surface area (Å²) in [5, 5.41) is 32.9. The van der Waals surface area contributed by atoms with E-state index in [2.05, 4.69) is 62.5 Å². The summed E-state index contributed by atoms with van der Waals surface area (Å²) in [6.07, 6.45) is 2.24. The van der Waals surface area contributed by atoms with Crippen molar-refractivity contribution in [3.05, 3.63) is 78.7 Å². The Morgan fingerprint density at radius 2 is 1.48 bits per heavy atom. The quantitative estimate of drug-likeness (QED) is 0.212. The third kappa shape index (κ3) is 9.59. The monoisotopic (exact) mass is 720 g/mol. The summed E-state index contributed by atoms with van der Waals surface area (Å²) in [7, 11) is 3.23. The number of aromatic carboxylic acids is 1. The van der Waals surface area contributed by atoms with Crippen LogP contribution in [0.5, 0.6) is 0 Å². The summed E-state index contributed by atoms with van der Waals surface area (Å²) in [6, 6.07) is 7.01. The van der Waals surface area contributed by atoms with Crippen LogP contribution in [0, 0.1) is 0 Å². The zero-order chi connectivity index (χ0) is 30.0. The van der Waals surface area contributed by atoms with Crippen LogP contribution in [0.25, 0.3) is 0 Å². The van der Waals surface area contributed by atoms with Crippen LogP contribution in [0.2, 0.25) is 10.3 Å². The number of ether oxygens (including phenoxy) is 1. The van der Waals surface area contributed by atoms with E-state index in [1.54, 1.807) is 57.6 Å². The molecule has 2 N–H and O–H groups in total. The van der Waals surface area contributed by atoms with Crippen molar-refractivity contribution in [2.24, 2.45) is 14.1 Å². The number of carbonyl (C=O) groups excluding carboxylic acids is 1. The molecule has 17 heteroatoms. The van der Waals surface area contributed by atoms with Crippen molar-refractivity contribution >= 4 is 67.0 Å². The third-order valence-corrected chi connectivity index (χ3v) is 6.75. The van der Waals surface area contributed by atoms with Gasteiger partial charge >= 0.3 is 11.9 Å². The molecule has 0 fully saturated rings. The first-order chi connectivity index (χ1) is 18.8. The van der Waals surface area contributed by atoms with Crippen LogP contribution in [-0.2, 0) is 30.0 Å². The van der Waals surface area contributed by atoms with Crippen molar-refractivity contribution < 1.29 is 24.5 Å². The molecule has 0 saturated carbocycles. The molecular formula is C23H24Br2Cl2N8O5. The fraction of sp³-hybridized carbons (Fsp3) is 0.304. The van der Waals surface area contributed by atoms with Gasteiger partial charge < -0.3 is 14.9 Å². The predicted octanol–water partition coefficient (Wildman–Crippen LogP) is 4.54. The van der Waals surface area contributed by atoms with Gasteiger partial charge in [0.2, 0.25) is 0 Å². The van der Waals surface area contributed by atoms with Gasteiger partial charge in [-0.1, -0.05) is 45.8 Å². The van der Waals surface area contributed by atoms with E-state index in [0.29, 0.717) is 31.7 Å². The van der Waals surface area contributed by atoms with Crippen LogP contribution >= 0.6 is 55.1 Å². The number of carboxylic acids is 1. The van der Waals surface area contributed by atoms with Crippen LogP contribution in [-0.4, -0.2) is 62.1 Å². The van der Waals surface area contributed by atoms with Gasteiger partial charge in [-0.3, -0.25) is 9.48 Å². The van der Waals surface area contributed by atoms with Gasteiger partial charge in [0.25, 0.3) is 0 Å². The summed E-state index contributed by atoms with van der Waals surface area (Å²) in [5.41, 5.74) is 2.05. The van der Waals surface area contributed by atoms with E-state index in [0.717, 1.165) is 0 Å². The average molecular weight is 723 g/mol. The standard InChI is InChI=1S/C12H12BrClN4O2.C7H8ClNO.C4H4BrN3O2/c1-7(8-4-3-5-15-12(8)14)20-10(19)6-9-11(13)16-17-18(9)2;1-5(10)6-3-2-4-9-7(6)8;1-8-2(4(9)10)3(5)6-7-8/h3-5,7H,6H2,1-2H3;2-5,10H,1H3;1H3,(H,9,10)/t7-;5-;/m11./s1. The Hall–Kier alpha value is -2.98. The van der Waals surface area contributed by atoms with Gasteiger partial charge in [0.1, 0.15) is 16.4 Å². The zero-order valence-electron chi connectivity index (χ0n) is 21.5. The normalized spacial score (nSPS) is 11.8. The lowest BCUT2D eigenvalue weighted by molar-refractivity contribution is -0.147. The molecule has 4 rings (SSSR count). The number of carbonyl (C=O) groups is 2. The molecule has 0 aliphatic heterocycles. The molecule has 13 nitrogen and oxygen atoms in total. The van der Waals surface area contributed by atoms with Crippen molar-refractivity contribution in [3.63, 3.8) is 0 Å². The van der Waals surface area contributed by atoms with Gasteiger partial charge in [0, 0.05) is 37.6 Å². The Balaban J connectivity index is 0.000000235. The molecular weight excluding hydrogens is 699 g/mol. The van der Waals surface area contributed by atoms with Gasteiger partial charge in [-0.2, -0.15) is 0 Å². The molecule has 0 aliphatic rings. The molecule has 0 aromatic carbocycles. The van der Waals surface area contributed by atoms with Gasteiger partial charge in [0.05, 0.1) is 18.2 Å². The average Bonchev–Trinajstić information content (AvgIpc) is 3.40. The minimum absolute atomic E-state index is 0.0556. The number of aromatic nitrogens is 8. The second kappa shape index (κ2) is 15.7. The van der Waals surface area contributed by atoms with E-state index in [1.165, 1.54) is 16.4 Å². The van der Waals surface area contributed by atoms with Gasteiger partial charge in [-0.15, -0.1) is 10.2 Å². The maximum atomic E-state index is 11.9. The third-order valence-electron chi connectivity index (χ3n) is 4.97. The number of carboxylic acid groups (broad SMARTS) is 1. The zero-order valence-corrected chi connectivity index (χ0v) is 26.2. The number of halogens is 4. The van der Waals surface area contributed by atoms with Crippen LogP contribution < -0.4 is 0 Å². The smallest absolute Gasteiger partial charge is 0.357 e. The lowest BCUT2D eigenvalue weighted by Crippen LogP contribution is -2.14. The van der Waals surface area contributed by atoms with Crippen molar-refractivity contribution in [2.75, 3.05) is 0 Å². The molecule has 0 aliphatic carbocycles. The molecule has 0 bridgehead atoms. The van der Waals surface area contributed by atoms with Crippen LogP contribution in [0.1, 0.15) is 53.4 Å². The molecule has 214 valence electrons. The summed E-state index contributed by atoms with van der Waals surface area (Å²) < 4.78 is 8.84. The topological polar surface area (TPSA) is 171 Å². The number of esters is 1. The number of nitrogens with zero attached hydrogens (tertiary/aromatic N) is 8. The first-order valence-electron chi connectivity index (χ1n) is 11.2. The lowest BCUT2D eigenvalue weighted by atomic mass is 10.2. The van der Waals surface area contributed by atoms with Gasteiger partial charge in [-0.25, -0.2) is 19.4 Å². The Kier molecular flexibility index (Phi) is 13.1. The summed E-state index contributed by atoms with van der Waals surface area (Å²) in [4.78, 5) is 30.1.